The molecule has 158 valence electrons. The molecule has 0 spiro atoms. The Morgan fingerprint density at radius 1 is 1.13 bits per heavy atom. The van der Waals surface area contributed by atoms with Crippen LogP contribution in [0.1, 0.15) is 21.5 Å². The molecule has 1 aliphatic heterocycles. The Balaban J connectivity index is 1.47. The molecular weight excluding hydrogens is 464 g/mol. The lowest BCUT2D eigenvalue weighted by molar-refractivity contribution is 0.0766. The largest absolute Gasteiger partial charge is 0.421 e. The minimum absolute atomic E-state index is 0.0208. The van der Waals surface area contributed by atoms with Crippen LogP contribution in [0.25, 0.3) is 11.1 Å². The molecule has 0 atom stereocenters. The number of rotatable bonds is 7. The van der Waals surface area contributed by atoms with Gasteiger partial charge in [0, 0.05) is 37.8 Å². The molecule has 0 unspecified atom stereocenters. The minimum atomic E-state index is -1.17. The fraction of sp³-hybridized carbons (Fsp3) is 0.364. The first-order chi connectivity index (χ1) is 14.2. The first-order valence-corrected chi connectivity index (χ1v) is 14.5. The lowest BCUT2D eigenvalue weighted by Crippen LogP contribution is -2.23. The number of oxazole rings is 1. The monoisotopic (exact) mass is 488 g/mol. The number of hydrogen-bond acceptors (Lipinski definition) is 4. The van der Waals surface area contributed by atoms with Gasteiger partial charge in [0.1, 0.15) is 6.73 Å². The van der Waals surface area contributed by atoms with Gasteiger partial charge >= 0.3 is 5.76 Å². The highest BCUT2D eigenvalue weighted by molar-refractivity contribution is 9.10. The molecule has 6 nitrogen and oxygen atoms in total. The van der Waals surface area contributed by atoms with Crippen molar-refractivity contribution >= 4 is 41.0 Å². The second kappa shape index (κ2) is 8.17. The molecule has 0 saturated heterocycles. The van der Waals surface area contributed by atoms with E-state index in [4.69, 9.17) is 9.15 Å². The maximum absolute atomic E-state index is 12.7. The molecule has 0 aliphatic carbocycles. The first-order valence-electron chi connectivity index (χ1n) is 9.99. The Labute approximate surface area is 184 Å². The second-order valence-electron chi connectivity index (χ2n) is 8.91. The maximum atomic E-state index is 12.7. The molecule has 0 N–H and O–H groups in total. The Kier molecular flexibility index (Phi) is 5.74. The summed E-state index contributed by atoms with van der Waals surface area (Å²) >= 11 is 3.46. The predicted molar refractivity (Wildman–Crippen MR) is 122 cm³/mol. The van der Waals surface area contributed by atoms with E-state index in [9.17, 15) is 9.59 Å². The van der Waals surface area contributed by atoms with Gasteiger partial charge < -0.3 is 14.1 Å². The van der Waals surface area contributed by atoms with Crippen LogP contribution in [0.2, 0.25) is 25.7 Å². The molecule has 30 heavy (non-hydrogen) atoms. The molecule has 1 aliphatic rings. The van der Waals surface area contributed by atoms with Crippen molar-refractivity contribution in [3.05, 3.63) is 68.1 Å². The number of hydrogen-bond donors (Lipinski definition) is 0. The summed E-state index contributed by atoms with van der Waals surface area (Å²) in [6.45, 7) is 8.73. The molecule has 4 rings (SSSR count). The smallest absolute Gasteiger partial charge is 0.408 e. The summed E-state index contributed by atoms with van der Waals surface area (Å²) in [6.07, 6.45) is 0. The normalized spacial score (nSPS) is 14.0. The average molecular weight is 489 g/mol. The van der Waals surface area contributed by atoms with Crippen molar-refractivity contribution in [1.29, 1.82) is 0 Å². The Hall–Kier alpha value is -2.16. The van der Waals surface area contributed by atoms with Gasteiger partial charge in [0.2, 0.25) is 0 Å². The highest BCUT2D eigenvalue weighted by atomic mass is 79.9. The summed E-state index contributed by atoms with van der Waals surface area (Å²) in [7, 11) is -1.17. The van der Waals surface area contributed by atoms with Crippen LogP contribution in [0.15, 0.2) is 50.1 Å². The standard InChI is InChI=1S/C22H25BrN2O4Si/c1-30(2,3)9-8-28-14-25-19-7-4-15(10-20(19)29-22(25)27)12-24-13-16-11-17(23)5-6-18(16)21(24)26/h4-7,10-11H,8-9,12-14H2,1-3H3. The van der Waals surface area contributed by atoms with Crippen molar-refractivity contribution in [2.45, 2.75) is 45.5 Å². The molecule has 0 radical (unpaired) electrons. The van der Waals surface area contributed by atoms with E-state index in [-0.39, 0.29) is 12.6 Å². The number of amides is 1. The number of aromatic nitrogens is 1. The van der Waals surface area contributed by atoms with Gasteiger partial charge in [-0.2, -0.15) is 0 Å². The van der Waals surface area contributed by atoms with E-state index < -0.39 is 13.8 Å². The van der Waals surface area contributed by atoms with Crippen LogP contribution >= 0.6 is 15.9 Å². The van der Waals surface area contributed by atoms with E-state index >= 15 is 0 Å². The number of carbonyl (C=O) groups is 1. The lowest BCUT2D eigenvalue weighted by Gasteiger charge is -2.16. The number of fused-ring (bicyclic) bond motifs is 2. The van der Waals surface area contributed by atoms with Crippen molar-refractivity contribution in [3.63, 3.8) is 0 Å². The second-order valence-corrected chi connectivity index (χ2v) is 15.4. The summed E-state index contributed by atoms with van der Waals surface area (Å²) in [6, 6.07) is 12.4. The van der Waals surface area contributed by atoms with Crippen LogP contribution < -0.4 is 5.76 Å². The zero-order valence-corrected chi connectivity index (χ0v) is 20.0. The first kappa shape index (κ1) is 21.1. The predicted octanol–water partition coefficient (Wildman–Crippen LogP) is 4.83. The van der Waals surface area contributed by atoms with Gasteiger partial charge in [-0.25, -0.2) is 9.36 Å². The van der Waals surface area contributed by atoms with Crippen LogP contribution in [0.5, 0.6) is 0 Å². The zero-order chi connectivity index (χ0) is 21.5. The SMILES string of the molecule is C[Si](C)(C)CCOCn1c(=O)oc2cc(CN3Cc4cc(Br)ccc4C3=O)ccc21. The maximum Gasteiger partial charge on any atom is 0.421 e. The van der Waals surface area contributed by atoms with Crippen LogP contribution in [-0.2, 0) is 24.6 Å². The minimum Gasteiger partial charge on any atom is -0.408 e. The Bertz CT molecular complexity index is 1160. The molecule has 1 aromatic heterocycles. The fourth-order valence-corrected chi connectivity index (χ4v) is 4.73. The van der Waals surface area contributed by atoms with E-state index in [2.05, 4.69) is 35.6 Å². The third-order valence-electron chi connectivity index (χ3n) is 5.27. The summed E-state index contributed by atoms with van der Waals surface area (Å²) in [5.74, 6) is -0.405. The summed E-state index contributed by atoms with van der Waals surface area (Å²) in [5, 5.41) is 0. The van der Waals surface area contributed by atoms with Crippen LogP contribution in [-0.4, -0.2) is 30.1 Å². The molecule has 0 bridgehead atoms. The topological polar surface area (TPSA) is 64.7 Å². The third-order valence-corrected chi connectivity index (χ3v) is 7.47. The third kappa shape index (κ3) is 4.45. The molecule has 3 aromatic rings. The van der Waals surface area contributed by atoms with Crippen LogP contribution in [0, 0.1) is 0 Å². The zero-order valence-electron chi connectivity index (χ0n) is 17.4. The van der Waals surface area contributed by atoms with E-state index in [1.807, 2.05) is 36.4 Å². The van der Waals surface area contributed by atoms with E-state index in [1.165, 1.54) is 4.57 Å². The quantitative estimate of drug-likeness (QED) is 0.353. The van der Waals surface area contributed by atoms with E-state index in [1.54, 1.807) is 4.90 Å². The van der Waals surface area contributed by atoms with Crippen molar-refractivity contribution in [3.8, 4) is 0 Å². The van der Waals surface area contributed by atoms with Crippen molar-refractivity contribution in [2.75, 3.05) is 6.61 Å². The Morgan fingerprint density at radius 3 is 2.70 bits per heavy atom. The molecule has 2 heterocycles. The van der Waals surface area contributed by atoms with Gasteiger partial charge in [-0.05, 0) is 47.5 Å². The van der Waals surface area contributed by atoms with Gasteiger partial charge in [-0.3, -0.25) is 4.79 Å². The highest BCUT2D eigenvalue weighted by Crippen LogP contribution is 2.27. The number of carbonyl (C=O) groups excluding carboxylic acids is 1. The summed E-state index contributed by atoms with van der Waals surface area (Å²) in [5.41, 5.74) is 3.90. The molecule has 1 amide bonds. The Morgan fingerprint density at radius 2 is 1.93 bits per heavy atom. The van der Waals surface area contributed by atoms with E-state index in [0.29, 0.717) is 30.8 Å². The van der Waals surface area contributed by atoms with Crippen molar-refractivity contribution in [1.82, 2.24) is 9.47 Å². The van der Waals surface area contributed by atoms with Crippen LogP contribution in [0.3, 0.4) is 0 Å². The van der Waals surface area contributed by atoms with Crippen molar-refractivity contribution in [2.24, 2.45) is 0 Å². The van der Waals surface area contributed by atoms with Crippen molar-refractivity contribution < 1.29 is 13.9 Å². The molecule has 2 aromatic carbocycles. The average Bonchev–Trinajstić information content (AvgIpc) is 3.13. The summed E-state index contributed by atoms with van der Waals surface area (Å²) in [4.78, 5) is 26.7. The number of nitrogens with zero attached hydrogens (tertiary/aromatic N) is 2. The van der Waals surface area contributed by atoms with Gasteiger partial charge in [-0.1, -0.05) is 41.6 Å². The number of ether oxygens (including phenoxy) is 1. The molecule has 8 heteroatoms. The number of benzene rings is 2. The molecular formula is C22H25BrN2O4Si. The van der Waals surface area contributed by atoms with Crippen LogP contribution in [0.4, 0.5) is 0 Å². The lowest BCUT2D eigenvalue weighted by atomic mass is 10.1. The van der Waals surface area contributed by atoms with Gasteiger partial charge in [0.15, 0.2) is 5.58 Å². The fourth-order valence-electron chi connectivity index (χ4n) is 3.56. The molecule has 0 fully saturated rings. The number of halogens is 1. The summed E-state index contributed by atoms with van der Waals surface area (Å²) < 4.78 is 13.6. The van der Waals surface area contributed by atoms with Gasteiger partial charge in [-0.15, -0.1) is 0 Å². The van der Waals surface area contributed by atoms with Gasteiger partial charge in [0.05, 0.1) is 5.52 Å². The van der Waals surface area contributed by atoms with Gasteiger partial charge in [0.25, 0.3) is 5.91 Å². The van der Waals surface area contributed by atoms with E-state index in [0.717, 1.165) is 27.2 Å². The highest BCUT2D eigenvalue weighted by Gasteiger charge is 2.27. The molecule has 0 saturated carbocycles.